The van der Waals surface area contributed by atoms with Crippen LogP contribution in [0.3, 0.4) is 0 Å². The zero-order valence-electron chi connectivity index (χ0n) is 10.3. The van der Waals surface area contributed by atoms with Gasteiger partial charge in [-0.2, -0.15) is 0 Å². The number of nitrogens with one attached hydrogen (secondary N) is 2. The van der Waals surface area contributed by atoms with Gasteiger partial charge in [-0.15, -0.1) is 11.3 Å². The number of rotatable bonds is 2. The first-order valence-electron chi connectivity index (χ1n) is 5.91. The molecule has 0 aliphatic heterocycles. The Bertz CT molecular complexity index is 775. The summed E-state index contributed by atoms with van der Waals surface area (Å²) in [6.07, 6.45) is 0. The summed E-state index contributed by atoms with van der Waals surface area (Å²) in [5.41, 5.74) is 7.56. The summed E-state index contributed by atoms with van der Waals surface area (Å²) in [7, 11) is 0. The normalized spacial score (nSPS) is 10.6. The fourth-order valence-corrected chi connectivity index (χ4v) is 2.69. The van der Waals surface area contributed by atoms with E-state index in [0.29, 0.717) is 11.4 Å². The number of para-hydroxylation sites is 1. The monoisotopic (exact) mass is 285 g/mol. The van der Waals surface area contributed by atoms with Gasteiger partial charge in [-0.1, -0.05) is 12.1 Å². The predicted octanol–water partition coefficient (Wildman–Crippen LogP) is 2.38. The van der Waals surface area contributed by atoms with Crippen molar-refractivity contribution in [2.75, 3.05) is 5.73 Å². The summed E-state index contributed by atoms with van der Waals surface area (Å²) in [6.45, 7) is 0. The zero-order chi connectivity index (χ0) is 14.1. The first-order chi connectivity index (χ1) is 9.65. The van der Waals surface area contributed by atoms with Crippen LogP contribution in [0.5, 0.6) is 0 Å². The van der Waals surface area contributed by atoms with Crippen LogP contribution >= 0.6 is 11.3 Å². The standard InChI is InChI=1S/C14H11N3O2S/c15-9-4-2-1-3-8(9)13(18)17-14(19)11-7-12-10(16-11)5-6-20-12/h1-7,16H,15H2,(H,17,18,19). The van der Waals surface area contributed by atoms with Crippen molar-refractivity contribution in [2.45, 2.75) is 0 Å². The molecule has 3 aromatic rings. The molecule has 0 spiro atoms. The number of anilines is 1. The molecule has 0 aliphatic carbocycles. The fourth-order valence-electron chi connectivity index (χ4n) is 1.91. The summed E-state index contributed by atoms with van der Waals surface area (Å²) >= 11 is 1.53. The van der Waals surface area contributed by atoms with E-state index in [1.807, 2.05) is 11.4 Å². The van der Waals surface area contributed by atoms with Gasteiger partial charge in [-0.05, 0) is 29.6 Å². The van der Waals surface area contributed by atoms with Gasteiger partial charge in [-0.3, -0.25) is 14.9 Å². The second-order valence-corrected chi connectivity index (χ2v) is 5.20. The van der Waals surface area contributed by atoms with Crippen LogP contribution in [0.25, 0.3) is 10.2 Å². The summed E-state index contributed by atoms with van der Waals surface area (Å²) in [5, 5.41) is 4.25. The number of aromatic amines is 1. The zero-order valence-corrected chi connectivity index (χ0v) is 11.2. The van der Waals surface area contributed by atoms with E-state index in [4.69, 9.17) is 5.73 Å². The number of nitrogens with two attached hydrogens (primary N) is 1. The number of carbonyl (C=O) groups excluding carboxylic acids is 2. The molecular formula is C14H11N3O2S. The highest BCUT2D eigenvalue weighted by molar-refractivity contribution is 7.17. The maximum atomic E-state index is 12.0. The largest absolute Gasteiger partial charge is 0.398 e. The van der Waals surface area contributed by atoms with Crippen LogP contribution in [-0.2, 0) is 0 Å². The molecular weight excluding hydrogens is 274 g/mol. The Morgan fingerprint density at radius 2 is 1.95 bits per heavy atom. The van der Waals surface area contributed by atoms with Crippen molar-refractivity contribution in [1.29, 1.82) is 0 Å². The van der Waals surface area contributed by atoms with Crippen LogP contribution in [0, 0.1) is 0 Å². The number of hydrogen-bond acceptors (Lipinski definition) is 4. The number of fused-ring (bicyclic) bond motifs is 1. The van der Waals surface area contributed by atoms with Crippen molar-refractivity contribution in [3.8, 4) is 0 Å². The average Bonchev–Trinajstić information content (AvgIpc) is 2.99. The Morgan fingerprint density at radius 3 is 2.70 bits per heavy atom. The second-order valence-electron chi connectivity index (χ2n) is 4.25. The van der Waals surface area contributed by atoms with Crippen molar-refractivity contribution in [1.82, 2.24) is 10.3 Å². The minimum absolute atomic E-state index is 0.286. The average molecular weight is 285 g/mol. The lowest BCUT2D eigenvalue weighted by Crippen LogP contribution is -2.31. The highest BCUT2D eigenvalue weighted by atomic mass is 32.1. The molecule has 1 aromatic carbocycles. The van der Waals surface area contributed by atoms with E-state index >= 15 is 0 Å². The number of nitrogen functional groups attached to an aromatic ring is 1. The van der Waals surface area contributed by atoms with Crippen molar-refractivity contribution < 1.29 is 9.59 Å². The van der Waals surface area contributed by atoms with Crippen LogP contribution in [-0.4, -0.2) is 16.8 Å². The molecule has 5 nitrogen and oxygen atoms in total. The molecule has 20 heavy (non-hydrogen) atoms. The lowest BCUT2D eigenvalue weighted by Gasteiger charge is -2.05. The number of amides is 2. The maximum Gasteiger partial charge on any atom is 0.274 e. The minimum Gasteiger partial charge on any atom is -0.398 e. The molecule has 0 saturated heterocycles. The van der Waals surface area contributed by atoms with E-state index in [-0.39, 0.29) is 5.56 Å². The number of aromatic nitrogens is 1. The van der Waals surface area contributed by atoms with E-state index in [1.54, 1.807) is 30.3 Å². The van der Waals surface area contributed by atoms with Crippen molar-refractivity contribution in [3.63, 3.8) is 0 Å². The van der Waals surface area contributed by atoms with Crippen LogP contribution in [0.1, 0.15) is 20.8 Å². The van der Waals surface area contributed by atoms with Crippen molar-refractivity contribution in [3.05, 3.63) is 53.0 Å². The molecule has 6 heteroatoms. The Kier molecular flexibility index (Phi) is 3.00. The molecule has 100 valence electrons. The highest BCUT2D eigenvalue weighted by Crippen LogP contribution is 2.21. The lowest BCUT2D eigenvalue weighted by molar-refractivity contribution is 0.0847. The Morgan fingerprint density at radius 1 is 1.15 bits per heavy atom. The van der Waals surface area contributed by atoms with Gasteiger partial charge in [0.1, 0.15) is 5.69 Å². The van der Waals surface area contributed by atoms with Gasteiger partial charge in [0.15, 0.2) is 0 Å². The van der Waals surface area contributed by atoms with Gasteiger partial charge in [0.25, 0.3) is 11.8 Å². The Labute approximate surface area is 118 Å². The number of imide groups is 1. The molecule has 2 heterocycles. The number of H-pyrrole nitrogens is 1. The molecule has 0 bridgehead atoms. The van der Waals surface area contributed by atoms with Crippen LogP contribution in [0.4, 0.5) is 5.69 Å². The van der Waals surface area contributed by atoms with E-state index in [2.05, 4.69) is 10.3 Å². The molecule has 2 aromatic heterocycles. The molecule has 2 amide bonds. The number of hydrogen-bond donors (Lipinski definition) is 3. The van der Waals surface area contributed by atoms with E-state index in [0.717, 1.165) is 10.2 Å². The molecule has 0 atom stereocenters. The molecule has 0 saturated carbocycles. The lowest BCUT2D eigenvalue weighted by atomic mass is 10.1. The number of carbonyl (C=O) groups is 2. The van der Waals surface area contributed by atoms with Gasteiger partial charge < -0.3 is 10.7 Å². The molecule has 0 fully saturated rings. The molecule has 0 aliphatic rings. The third-order valence-electron chi connectivity index (χ3n) is 2.92. The maximum absolute atomic E-state index is 12.0. The predicted molar refractivity (Wildman–Crippen MR) is 78.8 cm³/mol. The van der Waals surface area contributed by atoms with E-state index in [9.17, 15) is 9.59 Å². The van der Waals surface area contributed by atoms with Crippen LogP contribution < -0.4 is 11.1 Å². The highest BCUT2D eigenvalue weighted by Gasteiger charge is 2.16. The molecule has 4 N–H and O–H groups in total. The topological polar surface area (TPSA) is 88.0 Å². The molecule has 0 radical (unpaired) electrons. The van der Waals surface area contributed by atoms with Crippen LogP contribution in [0.2, 0.25) is 0 Å². The Hall–Kier alpha value is -2.60. The quantitative estimate of drug-likeness (QED) is 0.499. The first-order valence-corrected chi connectivity index (χ1v) is 6.79. The van der Waals surface area contributed by atoms with Gasteiger partial charge >= 0.3 is 0 Å². The van der Waals surface area contributed by atoms with Gasteiger partial charge in [0.05, 0.1) is 15.8 Å². The van der Waals surface area contributed by atoms with E-state index in [1.165, 1.54) is 11.3 Å². The SMILES string of the molecule is Nc1ccccc1C(=O)NC(=O)c1cc2sccc2[nH]1. The molecule has 0 unspecified atom stereocenters. The first kappa shape index (κ1) is 12.4. The van der Waals surface area contributed by atoms with Gasteiger partial charge in [-0.25, -0.2) is 0 Å². The summed E-state index contributed by atoms with van der Waals surface area (Å²) in [5.74, 6) is -0.979. The summed E-state index contributed by atoms with van der Waals surface area (Å²) < 4.78 is 0.974. The number of thiophene rings is 1. The fraction of sp³-hybridized carbons (Fsp3) is 0. The summed E-state index contributed by atoms with van der Waals surface area (Å²) in [4.78, 5) is 26.9. The van der Waals surface area contributed by atoms with Crippen LogP contribution in [0.15, 0.2) is 41.8 Å². The Balaban J connectivity index is 1.81. The van der Waals surface area contributed by atoms with Crippen molar-refractivity contribution >= 4 is 39.1 Å². The van der Waals surface area contributed by atoms with Gasteiger partial charge in [0, 0.05) is 5.69 Å². The second kappa shape index (κ2) is 4.82. The smallest absolute Gasteiger partial charge is 0.274 e. The van der Waals surface area contributed by atoms with Crippen molar-refractivity contribution in [2.24, 2.45) is 0 Å². The number of benzene rings is 1. The third-order valence-corrected chi connectivity index (χ3v) is 3.78. The summed E-state index contributed by atoms with van der Waals surface area (Å²) in [6, 6.07) is 10.2. The van der Waals surface area contributed by atoms with Gasteiger partial charge in [0.2, 0.25) is 0 Å². The van der Waals surface area contributed by atoms with E-state index < -0.39 is 11.8 Å². The molecule has 3 rings (SSSR count). The third kappa shape index (κ3) is 2.17. The minimum atomic E-state index is -0.508.